The van der Waals surface area contributed by atoms with E-state index in [1.54, 1.807) is 0 Å². The summed E-state index contributed by atoms with van der Waals surface area (Å²) in [6.45, 7) is -3.68. The number of carbonyl (C=O) groups excluding carboxylic acids is 6. The van der Waals surface area contributed by atoms with Crippen LogP contribution in [-0.4, -0.2) is 327 Å². The monoisotopic (exact) mass is 1300 g/mol. The zero-order valence-corrected chi connectivity index (χ0v) is 50.1. The first kappa shape index (κ1) is 76.8. The first-order chi connectivity index (χ1) is 42.1. The lowest BCUT2D eigenvalue weighted by molar-refractivity contribution is -0.367. The minimum Gasteiger partial charge on any atom is -0.394 e. The van der Waals surface area contributed by atoms with Crippen LogP contribution in [0.1, 0.15) is 77.0 Å². The summed E-state index contributed by atoms with van der Waals surface area (Å²) in [5.41, 5.74) is 0. The Kier molecular flexibility index (Phi) is 35.8. The fourth-order valence-electron chi connectivity index (χ4n) is 9.71. The highest BCUT2D eigenvalue weighted by atomic mass is 31.0. The summed E-state index contributed by atoms with van der Waals surface area (Å²) in [6.07, 6.45) is -27.2. The number of carbonyl (C=O) groups is 6. The predicted octanol–water partition coefficient (Wildman–Crippen LogP) is -10.3. The summed E-state index contributed by atoms with van der Waals surface area (Å²) in [4.78, 5) is 77.2. The summed E-state index contributed by atoms with van der Waals surface area (Å²) < 4.78 is 44.4. The van der Waals surface area contributed by atoms with E-state index in [1.165, 1.54) is 4.90 Å². The second-order valence-electron chi connectivity index (χ2n) is 21.6. The maximum atomic E-state index is 13.1. The van der Waals surface area contributed by atoms with Crippen LogP contribution in [0.3, 0.4) is 0 Å². The van der Waals surface area contributed by atoms with E-state index in [1.807, 2.05) is 0 Å². The van der Waals surface area contributed by atoms with Crippen LogP contribution in [0.25, 0.3) is 0 Å². The van der Waals surface area contributed by atoms with Gasteiger partial charge in [0.2, 0.25) is 35.4 Å². The van der Waals surface area contributed by atoms with Gasteiger partial charge in [0.05, 0.1) is 59.3 Å². The number of hydrogen-bond acceptors (Lipinski definition) is 29. The van der Waals surface area contributed by atoms with E-state index in [2.05, 4.69) is 41.1 Å². The Hall–Kier alpha value is -3.67. The van der Waals surface area contributed by atoms with Gasteiger partial charge in [-0.05, 0) is 47.9 Å². The molecule has 0 aliphatic carbocycles. The number of aliphatic hydroxyl groups is 14. The zero-order valence-electron chi connectivity index (χ0n) is 48.9. The van der Waals surface area contributed by atoms with Crippen molar-refractivity contribution in [2.24, 2.45) is 0 Å². The molecule has 4 saturated heterocycles. The molecule has 88 heavy (non-hydrogen) atoms. The highest BCUT2D eigenvalue weighted by Crippen LogP contribution is 2.32. The smallest absolute Gasteiger partial charge is 0.234 e. The van der Waals surface area contributed by atoms with Crippen molar-refractivity contribution in [3.63, 3.8) is 0 Å². The molecule has 0 bridgehead atoms. The number of unbranched alkanes of at least 4 members (excludes halogenated alkanes) is 6. The van der Waals surface area contributed by atoms with E-state index in [9.17, 15) is 100 Å². The summed E-state index contributed by atoms with van der Waals surface area (Å²) in [6, 6.07) is 0. The molecule has 20 N–H and O–H groups in total. The molecule has 4 aliphatic heterocycles. The van der Waals surface area contributed by atoms with Gasteiger partial charge in [-0.3, -0.25) is 33.7 Å². The minimum atomic E-state index is -1.85. The molecule has 0 aromatic rings. The van der Waals surface area contributed by atoms with Crippen molar-refractivity contribution < 1.29 is 138 Å². The van der Waals surface area contributed by atoms with Gasteiger partial charge in [0.1, 0.15) is 97.7 Å². The molecule has 21 atom stereocenters. The third-order valence-corrected chi connectivity index (χ3v) is 15.1. The van der Waals surface area contributed by atoms with Crippen molar-refractivity contribution in [2.45, 2.75) is 200 Å². The Labute approximate surface area is 510 Å². The molecule has 0 saturated carbocycles. The topological polar surface area (TPSA) is 535 Å². The lowest BCUT2D eigenvalue weighted by Crippen LogP contribution is -2.64. The minimum absolute atomic E-state index is 0.0602. The van der Waals surface area contributed by atoms with Crippen molar-refractivity contribution in [3.8, 4) is 0 Å². The molecule has 4 heterocycles. The summed E-state index contributed by atoms with van der Waals surface area (Å²) in [5.74, 6) is -2.19. The predicted molar refractivity (Wildman–Crippen MR) is 299 cm³/mol. The SMILES string of the molecule is O=C(CCCCCNC(=O)CN(CC(=O)NCCCCCC(=O)NCCO[C@H]1O[C@H](CO)[C@@H](O)[C@H](O)[C@@H]1O[C@H]1O[C@H](CO)[C@@H](O)[C@H](O)[C@@H]1O)CC(=O)NCCCCCC(=O)NCCO[C@H]1O[C@H](CO)[C@@H](O)[C@H](O)[C@@H]1O[C@H]1O[C@H](CO)[C@@H](O)[C@H](O)[C@@H]1O)NP. The summed E-state index contributed by atoms with van der Waals surface area (Å²) in [5, 5.41) is 158. The largest absolute Gasteiger partial charge is 0.394 e. The highest BCUT2D eigenvalue weighted by Gasteiger charge is 2.53. The number of ether oxygens (including phenoxy) is 8. The van der Waals surface area contributed by atoms with Crippen LogP contribution in [0.5, 0.6) is 0 Å². The van der Waals surface area contributed by atoms with Crippen molar-refractivity contribution in [1.82, 2.24) is 36.6 Å². The maximum Gasteiger partial charge on any atom is 0.234 e. The molecule has 4 rings (SSSR count). The quantitative estimate of drug-likeness (QED) is 0.0200. The number of aliphatic hydroxyl groups excluding tert-OH is 14. The molecule has 6 amide bonds. The molecule has 4 fully saturated rings. The van der Waals surface area contributed by atoms with Crippen molar-refractivity contribution in [3.05, 3.63) is 0 Å². The Morgan fingerprint density at radius 1 is 0.352 bits per heavy atom. The van der Waals surface area contributed by atoms with Crippen LogP contribution in [0.15, 0.2) is 0 Å². The van der Waals surface area contributed by atoms with Crippen LogP contribution in [0.4, 0.5) is 0 Å². The Morgan fingerprint density at radius 3 is 0.966 bits per heavy atom. The van der Waals surface area contributed by atoms with Crippen molar-refractivity contribution in [1.29, 1.82) is 0 Å². The molecule has 0 spiro atoms. The zero-order chi connectivity index (χ0) is 64.9. The van der Waals surface area contributed by atoms with Gasteiger partial charge >= 0.3 is 0 Å². The van der Waals surface area contributed by atoms with E-state index in [0.29, 0.717) is 70.8 Å². The highest BCUT2D eigenvalue weighted by molar-refractivity contribution is 7.15. The fourth-order valence-corrected chi connectivity index (χ4v) is 9.85. The molecule has 510 valence electrons. The van der Waals surface area contributed by atoms with E-state index >= 15 is 0 Å². The number of hydrogen-bond donors (Lipinski definition) is 20. The van der Waals surface area contributed by atoms with Gasteiger partial charge < -0.3 is 141 Å². The van der Waals surface area contributed by atoms with Crippen LogP contribution in [0.2, 0.25) is 0 Å². The standard InChI is InChI=1S/C52H94N7O28P/c60-23-27-37(70)41(74)45(78)49(82-27)86-47-43(76)39(72)29(25-62)84-51(47)80-18-16-56-31(64)10-4-1-7-13-53-34(67)20-59(22-36(69)55-15-9-3-6-12-33(66)58-88)21-35(68)54-14-8-2-5-11-32(65)57-17-19-81-52-48(44(77)40(73)30(26-63)85-52)87-50-46(79)42(75)38(71)28(24-61)83-50/h27-30,37-52,60-63,70-79H,1-26,88H2,(H,53,67)(H,54,68)(H,55,69)(H,56,64)(H,57,65)(H,58,66)/t27-,28-,29-,30-,37-,38-,39-,40-,41+,42+,43+,44+,45+,46+,47+,48+,49-,50-,51+,52+/m1/s1. The average Bonchev–Trinajstić information content (AvgIpc) is 1.57. The molecule has 0 aromatic carbocycles. The number of nitrogens with one attached hydrogen (secondary N) is 6. The molecule has 0 aromatic heterocycles. The lowest BCUT2D eigenvalue weighted by atomic mass is 9.97. The molecular formula is C52H94N7O28P. The van der Waals surface area contributed by atoms with E-state index < -0.39 is 167 Å². The summed E-state index contributed by atoms with van der Waals surface area (Å²) in [7, 11) is 2.14. The number of nitrogens with zero attached hydrogens (tertiary/aromatic N) is 1. The van der Waals surface area contributed by atoms with Crippen LogP contribution < -0.4 is 31.7 Å². The van der Waals surface area contributed by atoms with E-state index in [4.69, 9.17) is 37.9 Å². The maximum absolute atomic E-state index is 13.1. The average molecular weight is 1300 g/mol. The fraction of sp³-hybridized carbons (Fsp3) is 0.885. The third kappa shape index (κ3) is 25.1. The van der Waals surface area contributed by atoms with Crippen LogP contribution in [0, 0.1) is 0 Å². The number of rotatable bonds is 40. The van der Waals surface area contributed by atoms with E-state index in [-0.39, 0.29) is 89.6 Å². The Morgan fingerprint density at radius 2 is 0.648 bits per heavy atom. The van der Waals surface area contributed by atoms with Gasteiger partial charge in [0, 0.05) is 52.0 Å². The normalized spacial score (nSPS) is 32.5. The molecule has 0 radical (unpaired) electrons. The molecule has 1 unspecified atom stereocenters. The number of amides is 6. The van der Waals surface area contributed by atoms with Gasteiger partial charge in [0.15, 0.2) is 25.2 Å². The van der Waals surface area contributed by atoms with E-state index in [0.717, 1.165) is 0 Å². The lowest BCUT2D eigenvalue weighted by Gasteiger charge is -2.45. The molecule has 4 aliphatic rings. The molecular weight excluding hydrogens is 1200 g/mol. The second-order valence-corrected chi connectivity index (χ2v) is 21.9. The van der Waals surface area contributed by atoms with Gasteiger partial charge in [0.25, 0.3) is 0 Å². The van der Waals surface area contributed by atoms with Crippen LogP contribution >= 0.6 is 9.39 Å². The van der Waals surface area contributed by atoms with Crippen molar-refractivity contribution in [2.75, 3.05) is 92.0 Å². The second kappa shape index (κ2) is 41.0. The Balaban J connectivity index is 1.13. The van der Waals surface area contributed by atoms with Crippen LogP contribution in [-0.2, 0) is 66.7 Å². The van der Waals surface area contributed by atoms with Crippen molar-refractivity contribution >= 4 is 44.8 Å². The first-order valence-corrected chi connectivity index (χ1v) is 30.1. The molecule has 35 nitrogen and oxygen atoms in total. The summed E-state index contributed by atoms with van der Waals surface area (Å²) >= 11 is 0. The van der Waals surface area contributed by atoms with Gasteiger partial charge in [-0.1, -0.05) is 19.3 Å². The molecule has 36 heteroatoms. The van der Waals surface area contributed by atoms with Gasteiger partial charge in [-0.25, -0.2) is 0 Å². The third-order valence-electron chi connectivity index (χ3n) is 14.8. The first-order valence-electron chi connectivity index (χ1n) is 29.5. The van der Waals surface area contributed by atoms with Gasteiger partial charge in [-0.2, -0.15) is 0 Å². The van der Waals surface area contributed by atoms with Gasteiger partial charge in [-0.15, -0.1) is 0 Å². The Bertz CT molecular complexity index is 1950.